The van der Waals surface area contributed by atoms with Crippen molar-refractivity contribution in [2.75, 3.05) is 39.8 Å². The third kappa shape index (κ3) is 6.58. The fourth-order valence-corrected chi connectivity index (χ4v) is 5.67. The Morgan fingerprint density at radius 1 is 1.18 bits per heavy atom. The highest BCUT2D eigenvalue weighted by Crippen LogP contribution is 2.31. The van der Waals surface area contributed by atoms with Gasteiger partial charge in [0.15, 0.2) is 5.65 Å². The van der Waals surface area contributed by atoms with Crippen LogP contribution in [0.3, 0.4) is 0 Å². The summed E-state index contributed by atoms with van der Waals surface area (Å²) in [5, 5.41) is 7.89. The predicted molar refractivity (Wildman–Crippen MR) is 141 cm³/mol. The van der Waals surface area contributed by atoms with Crippen LogP contribution >= 0.6 is 11.3 Å². The van der Waals surface area contributed by atoms with Crippen LogP contribution in [0, 0.1) is 0 Å². The molecule has 4 aromatic rings. The fourth-order valence-electron chi connectivity index (χ4n) is 4.85. The Hall–Kier alpha value is -3.58. The molecule has 0 saturated carbocycles. The maximum atomic E-state index is 13.8. The summed E-state index contributed by atoms with van der Waals surface area (Å²) in [6, 6.07) is 8.89. The molecule has 1 amide bonds. The number of amides is 1. The number of piperidine rings is 1. The van der Waals surface area contributed by atoms with Gasteiger partial charge in [0.2, 0.25) is 0 Å². The Morgan fingerprint density at radius 3 is 2.67 bits per heavy atom. The molecule has 13 heteroatoms. The first-order chi connectivity index (χ1) is 18.9. The number of ether oxygens (including phenoxy) is 1. The molecule has 0 radical (unpaired) electrons. The average Bonchev–Trinajstić information content (AvgIpc) is 3.53. The topological polar surface area (TPSA) is 68.5 Å². The zero-order valence-corrected chi connectivity index (χ0v) is 22.4. The van der Waals surface area contributed by atoms with Gasteiger partial charge in [0.05, 0.1) is 24.7 Å². The summed E-state index contributed by atoms with van der Waals surface area (Å²) < 4.78 is 72.5. The number of nitrogens with zero attached hydrogens (tertiary/aromatic N) is 4. The van der Waals surface area contributed by atoms with E-state index in [1.54, 1.807) is 28.5 Å². The molecule has 1 saturated heterocycles. The van der Waals surface area contributed by atoms with Crippen LogP contribution in [0.4, 0.5) is 22.0 Å². The number of likely N-dealkylation sites (tertiary alicyclic amines) is 1. The second-order valence-corrected chi connectivity index (χ2v) is 11.1. The van der Waals surface area contributed by atoms with Gasteiger partial charge in [-0.15, -0.1) is 11.3 Å². The Morgan fingerprint density at radius 2 is 1.95 bits per heavy atom. The van der Waals surface area contributed by atoms with Crippen LogP contribution in [-0.4, -0.2) is 76.9 Å². The molecule has 1 aromatic carbocycles. The summed E-state index contributed by atoms with van der Waals surface area (Å²) in [6.45, 7) is -0.00118. The van der Waals surface area contributed by atoms with Crippen LogP contribution in [0.25, 0.3) is 27.9 Å². The predicted octanol–water partition coefficient (Wildman–Crippen LogP) is 5.67. The number of nitrogens with one attached hydrogen (secondary N) is 1. The van der Waals surface area contributed by atoms with Gasteiger partial charge in [-0.25, -0.2) is 18.3 Å². The largest absolute Gasteiger partial charge is 0.488 e. The van der Waals surface area contributed by atoms with Crippen molar-refractivity contribution in [1.82, 2.24) is 19.9 Å². The van der Waals surface area contributed by atoms with Crippen LogP contribution in [0.15, 0.2) is 54.3 Å². The number of carbonyl (C=O) groups is 1. The SMILES string of the molecule is C[N+]1(CCOc2ccc(-c3cnc4c(-c5csc(C(=O)NCC(F)(F)F)c5)cnn4c3)cc2)CCCC(F)(F)C1. The van der Waals surface area contributed by atoms with Gasteiger partial charge in [0.1, 0.15) is 32.0 Å². The number of likely N-dealkylation sites (N-methyl/N-ethyl adjacent to an activating group) is 1. The lowest BCUT2D eigenvalue weighted by atomic mass is 10.1. The number of hydrogen-bond acceptors (Lipinski definition) is 5. The van der Waals surface area contributed by atoms with Gasteiger partial charge < -0.3 is 14.5 Å². The van der Waals surface area contributed by atoms with Crippen molar-refractivity contribution in [3.8, 4) is 28.0 Å². The van der Waals surface area contributed by atoms with Crippen LogP contribution in [0.5, 0.6) is 5.75 Å². The lowest BCUT2D eigenvalue weighted by Crippen LogP contribution is -2.56. The average molecular weight is 581 g/mol. The van der Waals surface area contributed by atoms with Crippen LogP contribution in [0.2, 0.25) is 0 Å². The minimum absolute atomic E-state index is 0.0500. The van der Waals surface area contributed by atoms with Gasteiger partial charge in [-0.05, 0) is 34.7 Å². The van der Waals surface area contributed by atoms with E-state index in [0.717, 1.165) is 22.5 Å². The van der Waals surface area contributed by atoms with Crippen LogP contribution in [-0.2, 0) is 0 Å². The number of halogens is 5. The van der Waals surface area contributed by atoms with Crippen molar-refractivity contribution in [2.24, 2.45) is 0 Å². The molecule has 1 aliphatic rings. The molecule has 212 valence electrons. The molecule has 40 heavy (non-hydrogen) atoms. The van der Waals surface area contributed by atoms with Crippen LogP contribution < -0.4 is 10.1 Å². The van der Waals surface area contributed by atoms with Crippen molar-refractivity contribution in [3.63, 3.8) is 0 Å². The normalized spacial score (nSPS) is 19.1. The Bertz CT molecular complexity index is 1500. The zero-order chi connectivity index (χ0) is 28.5. The number of carbonyl (C=O) groups excluding carboxylic acids is 1. The molecular formula is C27H27F5N5O2S+. The maximum absolute atomic E-state index is 13.8. The summed E-state index contributed by atoms with van der Waals surface area (Å²) in [4.78, 5) is 16.7. The van der Waals surface area contributed by atoms with Crippen molar-refractivity contribution in [2.45, 2.75) is 24.9 Å². The van der Waals surface area contributed by atoms with Crippen molar-refractivity contribution in [3.05, 3.63) is 59.2 Å². The fraction of sp³-hybridized carbons (Fsp3) is 0.370. The van der Waals surface area contributed by atoms with E-state index < -0.39 is 24.6 Å². The highest BCUT2D eigenvalue weighted by molar-refractivity contribution is 7.12. The quantitative estimate of drug-likeness (QED) is 0.215. The molecule has 1 N–H and O–H groups in total. The smallest absolute Gasteiger partial charge is 0.405 e. The number of alkyl halides is 5. The van der Waals surface area contributed by atoms with E-state index in [-0.39, 0.29) is 17.8 Å². The second-order valence-electron chi connectivity index (χ2n) is 10.2. The Balaban J connectivity index is 1.22. The van der Waals surface area contributed by atoms with Gasteiger partial charge in [0, 0.05) is 36.4 Å². The molecule has 1 unspecified atom stereocenters. The molecule has 7 nitrogen and oxygen atoms in total. The maximum Gasteiger partial charge on any atom is 0.405 e. The minimum Gasteiger partial charge on any atom is -0.488 e. The minimum atomic E-state index is -4.48. The highest BCUT2D eigenvalue weighted by atomic mass is 32.1. The van der Waals surface area contributed by atoms with Crippen molar-refractivity contribution < 1.29 is 36.0 Å². The molecule has 5 rings (SSSR count). The Labute approximate surface area is 230 Å². The van der Waals surface area contributed by atoms with Crippen LogP contribution in [0.1, 0.15) is 22.5 Å². The lowest BCUT2D eigenvalue weighted by Gasteiger charge is -2.40. The monoisotopic (exact) mass is 580 g/mol. The van der Waals surface area contributed by atoms with Gasteiger partial charge in [-0.1, -0.05) is 12.1 Å². The summed E-state index contributed by atoms with van der Waals surface area (Å²) in [5.74, 6) is -2.78. The van der Waals surface area contributed by atoms with Gasteiger partial charge >= 0.3 is 6.18 Å². The van der Waals surface area contributed by atoms with Crippen molar-refractivity contribution in [1.29, 1.82) is 0 Å². The van der Waals surface area contributed by atoms with Gasteiger partial charge in [-0.2, -0.15) is 18.3 Å². The molecule has 4 heterocycles. The first kappa shape index (κ1) is 28.0. The van der Waals surface area contributed by atoms with E-state index in [1.807, 2.05) is 36.6 Å². The Kier molecular flexibility index (Phi) is 7.53. The standard InChI is InChI=1S/C27H26F5N5O2S/c1-37(8-2-7-26(28,29)17-37)9-10-39-21-5-3-18(4-6-21)20-12-33-24-22(13-35-36(24)14-20)19-11-23(40-15-19)25(38)34-16-27(30,31)32/h3-6,11-15H,2,7-10,16-17H2,1H3/p+1. The second kappa shape index (κ2) is 10.8. The first-order valence-corrected chi connectivity index (χ1v) is 13.5. The summed E-state index contributed by atoms with van der Waals surface area (Å²) in [5.41, 5.74) is 3.46. The van der Waals surface area contributed by atoms with E-state index in [2.05, 4.69) is 10.1 Å². The molecule has 0 bridgehead atoms. The first-order valence-electron chi connectivity index (χ1n) is 12.6. The molecule has 1 aliphatic heterocycles. The van der Waals surface area contributed by atoms with E-state index in [1.165, 1.54) is 6.07 Å². The van der Waals surface area contributed by atoms with Gasteiger partial charge in [0.25, 0.3) is 11.8 Å². The van der Waals surface area contributed by atoms with E-state index in [0.29, 0.717) is 53.1 Å². The molecule has 1 fully saturated rings. The summed E-state index contributed by atoms with van der Waals surface area (Å²) in [7, 11) is 1.84. The lowest BCUT2D eigenvalue weighted by molar-refractivity contribution is -0.922. The number of thiophene rings is 1. The zero-order valence-electron chi connectivity index (χ0n) is 21.5. The third-order valence-corrected chi connectivity index (χ3v) is 7.81. The molecule has 0 aliphatic carbocycles. The summed E-state index contributed by atoms with van der Waals surface area (Å²) in [6.07, 6.45) is 1.04. The number of rotatable bonds is 8. The van der Waals surface area contributed by atoms with E-state index in [4.69, 9.17) is 4.74 Å². The van der Waals surface area contributed by atoms with E-state index in [9.17, 15) is 26.7 Å². The molecule has 3 aromatic heterocycles. The highest BCUT2D eigenvalue weighted by Gasteiger charge is 2.43. The molecule has 1 atom stereocenters. The number of fused-ring (bicyclic) bond motifs is 1. The number of quaternary nitrogens is 1. The number of benzene rings is 1. The number of hydrogen-bond donors (Lipinski definition) is 1. The molecule has 0 spiro atoms. The third-order valence-electron chi connectivity index (χ3n) is 6.88. The van der Waals surface area contributed by atoms with E-state index >= 15 is 0 Å². The van der Waals surface area contributed by atoms with Gasteiger partial charge in [-0.3, -0.25) is 4.79 Å². The van der Waals surface area contributed by atoms with Crippen molar-refractivity contribution >= 4 is 22.9 Å². The molecular weight excluding hydrogens is 553 g/mol. The number of aromatic nitrogens is 3. The summed E-state index contributed by atoms with van der Waals surface area (Å²) >= 11 is 1.04.